The van der Waals surface area contributed by atoms with Gasteiger partial charge in [-0.3, -0.25) is 14.4 Å². The highest BCUT2D eigenvalue weighted by Crippen LogP contribution is 2.29. The molecule has 9 nitrogen and oxygen atoms in total. The van der Waals surface area contributed by atoms with Crippen LogP contribution in [0.1, 0.15) is 12.5 Å². The van der Waals surface area contributed by atoms with Crippen molar-refractivity contribution in [3.05, 3.63) is 78.4 Å². The number of ether oxygens (including phenoxy) is 2. The second-order valence-electron chi connectivity index (χ2n) is 7.94. The molecule has 0 bridgehead atoms. The topological polar surface area (TPSA) is 111 Å². The van der Waals surface area contributed by atoms with Crippen molar-refractivity contribution in [2.75, 3.05) is 29.9 Å². The normalized spacial score (nSPS) is 11.1. The van der Waals surface area contributed by atoms with Gasteiger partial charge in [0.25, 0.3) is 10.0 Å². The highest BCUT2D eigenvalue weighted by molar-refractivity contribution is 7.92. The van der Waals surface area contributed by atoms with Crippen LogP contribution >= 0.6 is 11.3 Å². The van der Waals surface area contributed by atoms with Crippen molar-refractivity contribution in [2.24, 2.45) is 0 Å². The molecule has 1 heterocycles. The van der Waals surface area contributed by atoms with Crippen LogP contribution in [0.4, 0.5) is 10.8 Å². The molecule has 0 aliphatic heterocycles. The second-order valence-corrected chi connectivity index (χ2v) is 10.8. The summed E-state index contributed by atoms with van der Waals surface area (Å²) in [5.41, 5.74) is 2.07. The van der Waals surface area contributed by atoms with E-state index >= 15 is 0 Å². The van der Waals surface area contributed by atoms with Gasteiger partial charge in [0, 0.05) is 5.56 Å². The Labute approximate surface area is 219 Å². The number of hydrogen-bond acceptors (Lipinski definition) is 8. The number of rotatable bonds is 10. The van der Waals surface area contributed by atoms with Gasteiger partial charge < -0.3 is 9.47 Å². The minimum Gasteiger partial charge on any atom is -0.497 e. The van der Waals surface area contributed by atoms with Crippen molar-refractivity contribution >= 4 is 38.1 Å². The Morgan fingerprint density at radius 1 is 0.946 bits per heavy atom. The van der Waals surface area contributed by atoms with E-state index in [2.05, 4.69) is 15.5 Å². The second kappa shape index (κ2) is 11.4. The van der Waals surface area contributed by atoms with Gasteiger partial charge in [0.15, 0.2) is 0 Å². The lowest BCUT2D eigenvalue weighted by atomic mass is 10.2. The maximum Gasteiger partial charge on any atom is 0.264 e. The molecule has 0 aliphatic rings. The first-order valence-corrected chi connectivity index (χ1v) is 13.7. The Kier molecular flexibility index (Phi) is 8.04. The van der Waals surface area contributed by atoms with Crippen LogP contribution in [-0.4, -0.2) is 44.8 Å². The monoisotopic (exact) mass is 538 g/mol. The summed E-state index contributed by atoms with van der Waals surface area (Å²) in [6, 6.07) is 20.3. The summed E-state index contributed by atoms with van der Waals surface area (Å²) < 4.78 is 38.8. The van der Waals surface area contributed by atoms with Crippen LogP contribution in [0.5, 0.6) is 11.5 Å². The van der Waals surface area contributed by atoms with Crippen LogP contribution in [0.15, 0.2) is 77.7 Å². The number of hydrogen-bond donors (Lipinski definition) is 1. The molecule has 0 radical (unpaired) electrons. The number of aromatic nitrogens is 2. The van der Waals surface area contributed by atoms with E-state index in [1.54, 1.807) is 55.6 Å². The Morgan fingerprint density at radius 3 is 2.22 bits per heavy atom. The molecule has 0 saturated heterocycles. The Balaban J connectivity index is 1.57. The highest BCUT2D eigenvalue weighted by Gasteiger charge is 2.27. The number of benzene rings is 3. The minimum atomic E-state index is -4.04. The van der Waals surface area contributed by atoms with Gasteiger partial charge in [0.05, 0.1) is 24.3 Å². The predicted molar refractivity (Wildman–Crippen MR) is 144 cm³/mol. The molecule has 37 heavy (non-hydrogen) atoms. The van der Waals surface area contributed by atoms with Gasteiger partial charge in [0.2, 0.25) is 11.0 Å². The number of nitrogens with zero attached hydrogens (tertiary/aromatic N) is 3. The van der Waals surface area contributed by atoms with Gasteiger partial charge in [-0.2, -0.15) is 0 Å². The Bertz CT molecular complexity index is 1450. The van der Waals surface area contributed by atoms with Crippen molar-refractivity contribution < 1.29 is 22.7 Å². The van der Waals surface area contributed by atoms with Crippen LogP contribution in [0.25, 0.3) is 10.6 Å². The van der Waals surface area contributed by atoms with Crippen LogP contribution in [0.2, 0.25) is 0 Å². The maximum absolute atomic E-state index is 13.6. The summed E-state index contributed by atoms with van der Waals surface area (Å²) in [5, 5.41) is 11.7. The molecule has 0 spiro atoms. The quantitative estimate of drug-likeness (QED) is 0.310. The lowest BCUT2D eigenvalue weighted by Gasteiger charge is -2.24. The van der Waals surface area contributed by atoms with Crippen molar-refractivity contribution in [2.45, 2.75) is 18.7 Å². The SMILES string of the molecule is CCOc1ccc(N(CC(=O)Nc2nnc(-c3ccc(OC)cc3)s2)S(=O)(=O)c2ccc(C)cc2)cc1. The van der Waals surface area contributed by atoms with E-state index in [1.807, 2.05) is 26.0 Å². The molecular weight excluding hydrogens is 512 g/mol. The van der Waals surface area contributed by atoms with Gasteiger partial charge in [-0.25, -0.2) is 8.42 Å². The molecule has 1 N–H and O–H groups in total. The van der Waals surface area contributed by atoms with E-state index in [4.69, 9.17) is 9.47 Å². The third kappa shape index (κ3) is 6.25. The number of anilines is 2. The molecular formula is C26H26N4O5S2. The van der Waals surface area contributed by atoms with Gasteiger partial charge in [-0.1, -0.05) is 29.0 Å². The third-order valence-electron chi connectivity index (χ3n) is 5.34. The molecule has 0 saturated carbocycles. The number of methoxy groups -OCH3 is 1. The fourth-order valence-electron chi connectivity index (χ4n) is 3.44. The number of carbonyl (C=O) groups is 1. The molecule has 1 aromatic heterocycles. The zero-order valence-corrected chi connectivity index (χ0v) is 22.2. The van der Waals surface area contributed by atoms with E-state index in [1.165, 1.54) is 23.5 Å². The van der Waals surface area contributed by atoms with Crippen LogP contribution < -0.4 is 19.1 Å². The molecule has 0 aliphatic carbocycles. The fourth-order valence-corrected chi connectivity index (χ4v) is 5.63. The highest BCUT2D eigenvalue weighted by atomic mass is 32.2. The number of nitrogens with one attached hydrogen (secondary N) is 1. The molecule has 192 valence electrons. The van der Waals surface area contributed by atoms with E-state index in [0.29, 0.717) is 28.8 Å². The third-order valence-corrected chi connectivity index (χ3v) is 8.02. The summed E-state index contributed by atoms with van der Waals surface area (Å²) in [7, 11) is -2.45. The molecule has 4 rings (SSSR count). The van der Waals surface area contributed by atoms with E-state index < -0.39 is 22.5 Å². The number of sulfonamides is 1. The number of aryl methyl sites for hydroxylation is 1. The van der Waals surface area contributed by atoms with E-state index in [-0.39, 0.29) is 10.0 Å². The largest absolute Gasteiger partial charge is 0.497 e. The Hall–Kier alpha value is -3.96. The predicted octanol–water partition coefficient (Wildman–Crippen LogP) is 4.75. The van der Waals surface area contributed by atoms with E-state index in [9.17, 15) is 13.2 Å². The van der Waals surface area contributed by atoms with Gasteiger partial charge >= 0.3 is 0 Å². The summed E-state index contributed by atoms with van der Waals surface area (Å²) in [6.07, 6.45) is 0. The maximum atomic E-state index is 13.6. The van der Waals surface area contributed by atoms with Gasteiger partial charge in [-0.15, -0.1) is 10.2 Å². The molecule has 0 unspecified atom stereocenters. The average Bonchev–Trinajstić information content (AvgIpc) is 3.36. The summed E-state index contributed by atoms with van der Waals surface area (Å²) in [5.74, 6) is 0.760. The van der Waals surface area contributed by atoms with Crippen molar-refractivity contribution in [3.8, 4) is 22.1 Å². The number of carbonyl (C=O) groups excluding carboxylic acids is 1. The zero-order chi connectivity index (χ0) is 26.4. The molecule has 0 fully saturated rings. The standard InChI is InChI=1S/C26H26N4O5S2/c1-4-35-22-13-9-20(10-14-22)30(37(32,33)23-15-5-18(2)6-16-23)17-24(31)27-26-29-28-25(36-26)19-7-11-21(34-3)12-8-19/h5-16H,4,17H2,1-3H3,(H,27,29,31). The lowest BCUT2D eigenvalue weighted by molar-refractivity contribution is -0.114. The summed E-state index contributed by atoms with van der Waals surface area (Å²) in [6.45, 7) is 3.76. The first-order valence-electron chi connectivity index (χ1n) is 11.4. The minimum absolute atomic E-state index is 0.0810. The molecule has 11 heteroatoms. The van der Waals surface area contributed by atoms with E-state index in [0.717, 1.165) is 15.4 Å². The summed E-state index contributed by atoms with van der Waals surface area (Å²) >= 11 is 1.18. The fraction of sp³-hybridized carbons (Fsp3) is 0.192. The van der Waals surface area contributed by atoms with Crippen LogP contribution in [0, 0.1) is 6.92 Å². The summed E-state index contributed by atoms with van der Waals surface area (Å²) in [4.78, 5) is 13.1. The number of amides is 1. The smallest absolute Gasteiger partial charge is 0.264 e. The molecule has 0 atom stereocenters. The van der Waals surface area contributed by atoms with Gasteiger partial charge in [0.1, 0.15) is 23.1 Å². The molecule has 1 amide bonds. The van der Waals surface area contributed by atoms with Crippen molar-refractivity contribution in [3.63, 3.8) is 0 Å². The average molecular weight is 539 g/mol. The zero-order valence-electron chi connectivity index (χ0n) is 20.5. The Morgan fingerprint density at radius 2 is 1.59 bits per heavy atom. The van der Waals surface area contributed by atoms with Crippen LogP contribution in [0.3, 0.4) is 0 Å². The van der Waals surface area contributed by atoms with Crippen LogP contribution in [-0.2, 0) is 14.8 Å². The van der Waals surface area contributed by atoms with Gasteiger partial charge in [-0.05, 0) is 74.5 Å². The van der Waals surface area contributed by atoms with Crippen molar-refractivity contribution in [1.29, 1.82) is 0 Å². The first kappa shape index (κ1) is 26.1. The molecule has 3 aromatic carbocycles. The molecule has 4 aromatic rings. The van der Waals surface area contributed by atoms with Crippen molar-refractivity contribution in [1.82, 2.24) is 10.2 Å². The first-order chi connectivity index (χ1) is 17.8. The lowest BCUT2D eigenvalue weighted by Crippen LogP contribution is -2.38.